The largest absolute Gasteiger partial charge is 0.493 e. The summed E-state index contributed by atoms with van der Waals surface area (Å²) in [7, 11) is 3.30. The Hall–Kier alpha value is -4.79. The number of nitrogens with one attached hydrogen (secondary N) is 2. The van der Waals surface area contributed by atoms with E-state index in [4.69, 9.17) is 9.47 Å². The number of imidazole rings is 1. The van der Waals surface area contributed by atoms with E-state index in [9.17, 15) is 9.59 Å². The minimum Gasteiger partial charge on any atom is -0.493 e. The highest BCUT2D eigenvalue weighted by Gasteiger charge is 2.19. The first-order valence-corrected chi connectivity index (χ1v) is 11.4. The Kier molecular flexibility index (Phi) is 6.03. The number of methoxy groups -OCH3 is 1. The number of benzene rings is 3. The maximum Gasteiger partial charge on any atom is 0.295 e. The van der Waals surface area contributed by atoms with Gasteiger partial charge in [0.15, 0.2) is 18.1 Å². The van der Waals surface area contributed by atoms with Crippen LogP contribution in [0.25, 0.3) is 28.1 Å². The van der Waals surface area contributed by atoms with Crippen molar-refractivity contribution in [1.29, 1.82) is 0 Å². The zero-order chi connectivity index (χ0) is 25.2. The number of nitrogens with zero attached hydrogens (tertiary/aromatic N) is 3. The van der Waals surface area contributed by atoms with Crippen molar-refractivity contribution >= 4 is 22.6 Å². The first-order chi connectivity index (χ1) is 17.5. The molecule has 0 atom stereocenters. The summed E-state index contributed by atoms with van der Waals surface area (Å²) < 4.78 is 14.4. The molecule has 3 aromatic carbocycles. The Morgan fingerprint density at radius 2 is 1.78 bits per heavy atom. The number of hydrogen-bond acceptors (Lipinski definition) is 5. The minimum absolute atomic E-state index is 0.210. The highest BCUT2D eigenvalue weighted by molar-refractivity contribution is 5.92. The number of anilines is 1. The number of para-hydroxylation sites is 3. The number of aromatic amines is 1. The maximum absolute atomic E-state index is 13.0. The summed E-state index contributed by atoms with van der Waals surface area (Å²) in [5, 5.41) is 2.70. The summed E-state index contributed by atoms with van der Waals surface area (Å²) in [6.07, 6.45) is 0. The molecule has 182 valence electrons. The van der Waals surface area contributed by atoms with Gasteiger partial charge in [-0.05, 0) is 49.4 Å². The number of ether oxygens (including phenoxy) is 2. The Balaban J connectivity index is 1.31. The van der Waals surface area contributed by atoms with Gasteiger partial charge in [0.25, 0.3) is 11.5 Å². The van der Waals surface area contributed by atoms with Crippen LogP contribution in [0.2, 0.25) is 0 Å². The molecule has 2 N–H and O–H groups in total. The van der Waals surface area contributed by atoms with Crippen LogP contribution in [0.1, 0.15) is 5.69 Å². The molecule has 0 aliphatic carbocycles. The lowest BCUT2D eigenvalue weighted by Gasteiger charge is -2.11. The van der Waals surface area contributed by atoms with Crippen LogP contribution in [0.3, 0.4) is 0 Å². The SMILES string of the molecule is COc1cc(-c2nc3ccccc3[nH]2)ccc1OCC(=O)Nc1c(C)n(C)n(-c2ccccc2)c1=O. The van der Waals surface area contributed by atoms with Crippen LogP contribution < -0.4 is 20.3 Å². The van der Waals surface area contributed by atoms with Crippen molar-refractivity contribution in [3.05, 3.63) is 88.8 Å². The molecule has 0 saturated carbocycles. The molecule has 0 aliphatic heterocycles. The maximum atomic E-state index is 13.0. The van der Waals surface area contributed by atoms with E-state index in [1.165, 1.54) is 11.8 Å². The van der Waals surface area contributed by atoms with Gasteiger partial charge in [-0.25, -0.2) is 9.67 Å². The van der Waals surface area contributed by atoms with Gasteiger partial charge >= 0.3 is 0 Å². The molecule has 0 spiro atoms. The molecule has 36 heavy (non-hydrogen) atoms. The monoisotopic (exact) mass is 483 g/mol. The van der Waals surface area contributed by atoms with Gasteiger partial charge in [0.05, 0.1) is 29.5 Å². The van der Waals surface area contributed by atoms with Gasteiger partial charge in [-0.1, -0.05) is 30.3 Å². The molecular formula is C27H25N5O4. The molecule has 2 aromatic heterocycles. The number of rotatable bonds is 7. The van der Waals surface area contributed by atoms with Crippen molar-refractivity contribution in [2.45, 2.75) is 6.92 Å². The number of hydrogen-bond donors (Lipinski definition) is 2. The van der Waals surface area contributed by atoms with Crippen LogP contribution in [-0.2, 0) is 11.8 Å². The molecule has 9 heteroatoms. The first-order valence-electron chi connectivity index (χ1n) is 11.4. The van der Waals surface area contributed by atoms with E-state index in [1.807, 2.05) is 60.7 Å². The lowest BCUT2D eigenvalue weighted by atomic mass is 10.2. The molecule has 5 rings (SSSR count). The Labute approximate surface area is 206 Å². The topological polar surface area (TPSA) is 103 Å². The third-order valence-electron chi connectivity index (χ3n) is 6.00. The molecule has 0 radical (unpaired) electrons. The normalized spacial score (nSPS) is 11.0. The fourth-order valence-electron chi connectivity index (χ4n) is 4.05. The van der Waals surface area contributed by atoms with Crippen molar-refractivity contribution in [1.82, 2.24) is 19.3 Å². The van der Waals surface area contributed by atoms with E-state index < -0.39 is 5.91 Å². The average Bonchev–Trinajstić information content (AvgIpc) is 3.43. The molecule has 0 bridgehead atoms. The van der Waals surface area contributed by atoms with E-state index in [0.717, 1.165) is 16.6 Å². The molecule has 9 nitrogen and oxygen atoms in total. The second kappa shape index (κ2) is 9.46. The number of amides is 1. The van der Waals surface area contributed by atoms with E-state index in [1.54, 1.807) is 30.8 Å². The van der Waals surface area contributed by atoms with Gasteiger partial charge in [-0.15, -0.1) is 0 Å². The van der Waals surface area contributed by atoms with Crippen molar-refractivity contribution < 1.29 is 14.3 Å². The minimum atomic E-state index is -0.454. The van der Waals surface area contributed by atoms with Crippen molar-refractivity contribution in [2.24, 2.45) is 7.05 Å². The fourth-order valence-corrected chi connectivity index (χ4v) is 4.05. The smallest absolute Gasteiger partial charge is 0.295 e. The summed E-state index contributed by atoms with van der Waals surface area (Å²) >= 11 is 0. The number of H-pyrrole nitrogens is 1. The van der Waals surface area contributed by atoms with E-state index in [2.05, 4.69) is 15.3 Å². The molecule has 0 unspecified atom stereocenters. The molecule has 0 fully saturated rings. The van der Waals surface area contributed by atoms with Crippen LogP contribution in [-0.4, -0.2) is 39.0 Å². The van der Waals surface area contributed by atoms with Crippen molar-refractivity contribution in [3.63, 3.8) is 0 Å². The zero-order valence-corrected chi connectivity index (χ0v) is 20.1. The molecule has 5 aromatic rings. The Bertz CT molecular complexity index is 1580. The third-order valence-corrected chi connectivity index (χ3v) is 6.00. The van der Waals surface area contributed by atoms with Crippen LogP contribution in [0.5, 0.6) is 11.5 Å². The Morgan fingerprint density at radius 3 is 2.53 bits per heavy atom. The average molecular weight is 484 g/mol. The standard InChI is InChI=1S/C27H25N5O4/c1-17-25(27(34)32(31(17)2)19-9-5-4-6-10-19)30-24(33)16-36-22-14-13-18(15-23(22)35-3)26-28-20-11-7-8-12-21(20)29-26/h4-15H,16H2,1-3H3,(H,28,29)(H,30,33). The predicted octanol–water partition coefficient (Wildman–Crippen LogP) is 4.05. The molecular weight excluding hydrogens is 458 g/mol. The van der Waals surface area contributed by atoms with Gasteiger partial charge < -0.3 is 19.8 Å². The van der Waals surface area contributed by atoms with Crippen LogP contribution in [0, 0.1) is 6.92 Å². The second-order valence-corrected chi connectivity index (χ2v) is 8.24. The summed E-state index contributed by atoms with van der Waals surface area (Å²) in [5.41, 5.74) is 3.85. The van der Waals surface area contributed by atoms with Crippen molar-refractivity contribution in [3.8, 4) is 28.6 Å². The number of carbonyl (C=O) groups is 1. The highest BCUT2D eigenvalue weighted by Crippen LogP contribution is 2.32. The summed E-state index contributed by atoms with van der Waals surface area (Å²) in [4.78, 5) is 33.6. The number of aromatic nitrogens is 4. The zero-order valence-electron chi connectivity index (χ0n) is 20.1. The van der Waals surface area contributed by atoms with Crippen LogP contribution >= 0.6 is 0 Å². The fraction of sp³-hybridized carbons (Fsp3) is 0.148. The molecule has 0 saturated heterocycles. The quantitative estimate of drug-likeness (QED) is 0.364. The lowest BCUT2D eigenvalue weighted by Crippen LogP contribution is -2.25. The van der Waals surface area contributed by atoms with Gasteiger partial charge in [-0.2, -0.15) is 0 Å². The van der Waals surface area contributed by atoms with Gasteiger partial charge in [0.1, 0.15) is 11.5 Å². The van der Waals surface area contributed by atoms with Crippen LogP contribution in [0.15, 0.2) is 77.6 Å². The van der Waals surface area contributed by atoms with Gasteiger partial charge in [-0.3, -0.25) is 14.3 Å². The summed E-state index contributed by atoms with van der Waals surface area (Å²) in [6, 6.07) is 22.4. The summed E-state index contributed by atoms with van der Waals surface area (Å²) in [5.74, 6) is 1.11. The molecule has 0 aliphatic rings. The predicted molar refractivity (Wildman–Crippen MR) is 138 cm³/mol. The number of carbonyl (C=O) groups excluding carboxylic acids is 1. The number of fused-ring (bicyclic) bond motifs is 1. The lowest BCUT2D eigenvalue weighted by molar-refractivity contribution is -0.118. The van der Waals surface area contributed by atoms with Crippen LogP contribution in [0.4, 0.5) is 5.69 Å². The van der Waals surface area contributed by atoms with E-state index >= 15 is 0 Å². The van der Waals surface area contributed by atoms with Gasteiger partial charge in [0.2, 0.25) is 0 Å². The Morgan fingerprint density at radius 1 is 1.03 bits per heavy atom. The van der Waals surface area contributed by atoms with Gasteiger partial charge in [0, 0.05) is 12.6 Å². The molecule has 2 heterocycles. The summed E-state index contributed by atoms with van der Waals surface area (Å²) in [6.45, 7) is 1.48. The molecule has 1 amide bonds. The van der Waals surface area contributed by atoms with Crippen molar-refractivity contribution in [2.75, 3.05) is 19.0 Å². The van der Waals surface area contributed by atoms with E-state index in [0.29, 0.717) is 28.7 Å². The second-order valence-electron chi connectivity index (χ2n) is 8.24. The van der Waals surface area contributed by atoms with E-state index in [-0.39, 0.29) is 17.9 Å². The first kappa shape index (κ1) is 23.0. The third kappa shape index (κ3) is 4.22. The highest BCUT2D eigenvalue weighted by atomic mass is 16.5.